The van der Waals surface area contributed by atoms with Crippen molar-refractivity contribution in [1.29, 1.82) is 0 Å². The lowest BCUT2D eigenvalue weighted by Gasteiger charge is -2.32. The number of hydrogen-bond donors (Lipinski definition) is 3. The van der Waals surface area contributed by atoms with Crippen molar-refractivity contribution in [3.8, 4) is 0 Å². The first-order chi connectivity index (χ1) is 12.6. The Balaban J connectivity index is 0.00000364. The minimum absolute atomic E-state index is 0. The molecule has 1 fully saturated rings. The van der Waals surface area contributed by atoms with Crippen molar-refractivity contribution in [3.63, 3.8) is 0 Å². The molecule has 6 nitrogen and oxygen atoms in total. The van der Waals surface area contributed by atoms with E-state index in [1.54, 1.807) is 7.05 Å². The van der Waals surface area contributed by atoms with Crippen molar-refractivity contribution < 1.29 is 4.79 Å². The normalized spacial score (nSPS) is 16.9. The van der Waals surface area contributed by atoms with Crippen LogP contribution in [0.15, 0.2) is 40.2 Å². The fourth-order valence-electron chi connectivity index (χ4n) is 2.92. The first kappa shape index (κ1) is 24.0. The number of halogens is 1. The molecule has 0 saturated carbocycles. The Bertz CT molecular complexity index is 579. The molecular formula is C19H32IN5OS. The molecule has 1 aromatic carbocycles. The Morgan fingerprint density at radius 2 is 1.96 bits per heavy atom. The number of carbonyl (C=O) groups is 1. The third-order valence-electron chi connectivity index (χ3n) is 4.44. The average molecular weight is 505 g/mol. The number of nitrogens with zero attached hydrogens (tertiary/aromatic N) is 2. The van der Waals surface area contributed by atoms with Crippen LogP contribution in [0.25, 0.3) is 0 Å². The highest BCUT2D eigenvalue weighted by molar-refractivity contribution is 14.0. The van der Waals surface area contributed by atoms with E-state index >= 15 is 0 Å². The second-order valence-corrected chi connectivity index (χ2v) is 8.07. The van der Waals surface area contributed by atoms with Gasteiger partial charge in [0.05, 0.1) is 6.54 Å². The van der Waals surface area contributed by atoms with Crippen molar-refractivity contribution in [1.82, 2.24) is 20.9 Å². The second-order valence-electron chi connectivity index (χ2n) is 6.56. The monoisotopic (exact) mass is 505 g/mol. The molecule has 0 spiro atoms. The number of nitrogens with one attached hydrogen (secondary N) is 3. The summed E-state index contributed by atoms with van der Waals surface area (Å²) in [4.78, 5) is 19.3. The topological polar surface area (TPSA) is 68.8 Å². The van der Waals surface area contributed by atoms with E-state index in [0.717, 1.165) is 38.4 Å². The van der Waals surface area contributed by atoms with Crippen LogP contribution in [0.2, 0.25) is 0 Å². The van der Waals surface area contributed by atoms with Crippen LogP contribution in [0.5, 0.6) is 0 Å². The van der Waals surface area contributed by atoms with Gasteiger partial charge in [-0.2, -0.15) is 0 Å². The van der Waals surface area contributed by atoms with E-state index in [1.165, 1.54) is 4.90 Å². The summed E-state index contributed by atoms with van der Waals surface area (Å²) in [5.41, 5.74) is 0. The zero-order chi connectivity index (χ0) is 18.8. The number of benzene rings is 1. The quantitative estimate of drug-likeness (QED) is 0.230. The van der Waals surface area contributed by atoms with Crippen LogP contribution in [0, 0.1) is 0 Å². The van der Waals surface area contributed by atoms with Gasteiger partial charge in [-0.05, 0) is 25.0 Å². The molecule has 0 bridgehead atoms. The van der Waals surface area contributed by atoms with Crippen molar-refractivity contribution in [3.05, 3.63) is 30.3 Å². The highest BCUT2D eigenvalue weighted by atomic mass is 127. The largest absolute Gasteiger partial charge is 0.358 e. The summed E-state index contributed by atoms with van der Waals surface area (Å²) in [5.74, 6) is 0.939. The lowest BCUT2D eigenvalue weighted by molar-refractivity contribution is -0.122. The van der Waals surface area contributed by atoms with Crippen LogP contribution >= 0.6 is 35.7 Å². The van der Waals surface area contributed by atoms with Gasteiger partial charge in [0, 0.05) is 49.9 Å². The van der Waals surface area contributed by atoms with Crippen LogP contribution in [-0.2, 0) is 4.79 Å². The van der Waals surface area contributed by atoms with Gasteiger partial charge in [0.1, 0.15) is 0 Å². The fourth-order valence-corrected chi connectivity index (χ4v) is 3.86. The van der Waals surface area contributed by atoms with Gasteiger partial charge in [-0.1, -0.05) is 25.1 Å². The number of carbonyl (C=O) groups excluding carboxylic acids is 1. The van der Waals surface area contributed by atoms with Crippen molar-refractivity contribution in [2.75, 3.05) is 40.3 Å². The predicted molar refractivity (Wildman–Crippen MR) is 125 cm³/mol. The molecule has 1 unspecified atom stereocenters. The second kappa shape index (κ2) is 13.2. The Labute approximate surface area is 184 Å². The summed E-state index contributed by atoms with van der Waals surface area (Å²) >= 11 is 1.86. The smallest absolute Gasteiger partial charge is 0.233 e. The maximum Gasteiger partial charge on any atom is 0.233 e. The zero-order valence-corrected chi connectivity index (χ0v) is 19.6. The van der Waals surface area contributed by atoms with Crippen LogP contribution in [-0.4, -0.2) is 68.3 Å². The number of thioether (sulfide) groups is 1. The van der Waals surface area contributed by atoms with Gasteiger partial charge in [-0.15, -0.1) is 35.7 Å². The first-order valence-corrected chi connectivity index (χ1v) is 10.1. The van der Waals surface area contributed by atoms with Gasteiger partial charge < -0.3 is 16.0 Å². The molecule has 1 amide bonds. The van der Waals surface area contributed by atoms with E-state index in [9.17, 15) is 4.79 Å². The number of guanidine groups is 1. The standard InChI is InChI=1S/C19H31N5OS.HI/c1-15(26-17-7-5-4-6-8-17)13-22-19(21-3)23-16-9-11-24(12-10-16)14-18(25)20-2;/h4-8,15-16H,9-14H2,1-3H3,(H,20,25)(H2,21,22,23);1H. The van der Waals surface area contributed by atoms with Crippen LogP contribution in [0.3, 0.4) is 0 Å². The Hall–Kier alpha value is -1.00. The molecule has 8 heteroatoms. The molecule has 1 heterocycles. The van der Waals surface area contributed by atoms with E-state index in [-0.39, 0.29) is 29.9 Å². The van der Waals surface area contributed by atoms with E-state index in [4.69, 9.17) is 0 Å². The highest BCUT2D eigenvalue weighted by Gasteiger charge is 2.21. The molecule has 1 aromatic rings. The van der Waals surface area contributed by atoms with Gasteiger partial charge >= 0.3 is 0 Å². The van der Waals surface area contributed by atoms with Gasteiger partial charge in [0.2, 0.25) is 5.91 Å². The van der Waals surface area contributed by atoms with Gasteiger partial charge in [0.25, 0.3) is 0 Å². The summed E-state index contributed by atoms with van der Waals surface area (Å²) in [6, 6.07) is 10.9. The van der Waals surface area contributed by atoms with Crippen molar-refractivity contribution >= 4 is 47.6 Å². The Morgan fingerprint density at radius 3 is 2.56 bits per heavy atom. The van der Waals surface area contributed by atoms with E-state index in [2.05, 4.69) is 57.0 Å². The van der Waals surface area contributed by atoms with Crippen LogP contribution in [0.1, 0.15) is 19.8 Å². The molecule has 0 aliphatic carbocycles. The number of likely N-dealkylation sites (tertiary alicyclic amines) is 1. The summed E-state index contributed by atoms with van der Waals surface area (Å²) in [7, 11) is 3.49. The van der Waals surface area contributed by atoms with Crippen LogP contribution in [0.4, 0.5) is 0 Å². The van der Waals surface area contributed by atoms with Gasteiger partial charge in [-0.25, -0.2) is 0 Å². The maximum absolute atomic E-state index is 11.5. The zero-order valence-electron chi connectivity index (χ0n) is 16.4. The molecule has 1 aliphatic heterocycles. The molecule has 1 aliphatic rings. The number of likely N-dealkylation sites (N-methyl/N-ethyl adjacent to an activating group) is 1. The van der Waals surface area contributed by atoms with E-state index in [0.29, 0.717) is 17.8 Å². The minimum Gasteiger partial charge on any atom is -0.358 e. The number of amides is 1. The number of aliphatic imine (C=N–C) groups is 1. The molecule has 152 valence electrons. The molecule has 3 N–H and O–H groups in total. The van der Waals surface area contributed by atoms with Gasteiger partial charge in [0.15, 0.2) is 5.96 Å². The molecular weight excluding hydrogens is 473 g/mol. The Morgan fingerprint density at radius 1 is 1.30 bits per heavy atom. The van der Waals surface area contributed by atoms with E-state index in [1.807, 2.05) is 24.9 Å². The first-order valence-electron chi connectivity index (χ1n) is 9.22. The molecule has 0 radical (unpaired) electrons. The molecule has 1 saturated heterocycles. The Kier molecular flexibility index (Phi) is 11.8. The molecule has 0 aromatic heterocycles. The molecule has 2 rings (SSSR count). The van der Waals surface area contributed by atoms with Gasteiger partial charge in [-0.3, -0.25) is 14.7 Å². The van der Waals surface area contributed by atoms with Crippen LogP contribution < -0.4 is 16.0 Å². The molecule has 27 heavy (non-hydrogen) atoms. The SMILES string of the molecule is CN=C(NCC(C)Sc1ccccc1)NC1CCN(CC(=O)NC)CC1.I. The van der Waals surface area contributed by atoms with Crippen molar-refractivity contribution in [2.45, 2.75) is 36.0 Å². The summed E-state index contributed by atoms with van der Waals surface area (Å²) in [5, 5.41) is 10.1. The number of rotatable bonds is 7. The molecule has 1 atom stereocenters. The maximum atomic E-state index is 11.5. The predicted octanol–water partition coefficient (Wildman–Crippen LogP) is 2.16. The third-order valence-corrected chi connectivity index (χ3v) is 5.55. The number of hydrogen-bond acceptors (Lipinski definition) is 4. The van der Waals surface area contributed by atoms with Crippen molar-refractivity contribution in [2.24, 2.45) is 4.99 Å². The minimum atomic E-state index is 0. The fraction of sp³-hybridized carbons (Fsp3) is 0.579. The third kappa shape index (κ3) is 9.16. The summed E-state index contributed by atoms with van der Waals surface area (Å²) in [6.07, 6.45) is 2.04. The average Bonchev–Trinajstić information content (AvgIpc) is 2.67. The summed E-state index contributed by atoms with van der Waals surface area (Å²) < 4.78 is 0. The summed E-state index contributed by atoms with van der Waals surface area (Å²) in [6.45, 7) is 5.43. The lowest BCUT2D eigenvalue weighted by Crippen LogP contribution is -2.50. The lowest BCUT2D eigenvalue weighted by atomic mass is 10.1. The highest BCUT2D eigenvalue weighted by Crippen LogP contribution is 2.21. The van der Waals surface area contributed by atoms with E-state index < -0.39 is 0 Å². The number of piperidine rings is 1.